The fourth-order valence-electron chi connectivity index (χ4n) is 4.87. The minimum Gasteiger partial charge on any atom is -0.463 e. The van der Waals surface area contributed by atoms with E-state index in [2.05, 4.69) is 10.4 Å². The number of benzene rings is 1. The lowest BCUT2D eigenvalue weighted by Crippen LogP contribution is -2.65. The Bertz CT molecular complexity index is 1170. The molecule has 2 aliphatic rings. The Kier molecular flexibility index (Phi) is 5.78. The van der Waals surface area contributed by atoms with Crippen molar-refractivity contribution in [1.29, 1.82) is 0 Å². The third-order valence-electron chi connectivity index (χ3n) is 6.67. The van der Waals surface area contributed by atoms with Crippen LogP contribution in [-0.2, 0) is 11.3 Å². The van der Waals surface area contributed by atoms with Crippen molar-refractivity contribution in [2.24, 2.45) is 0 Å². The molecule has 3 aromatic rings. The molecule has 2 aromatic heterocycles. The van der Waals surface area contributed by atoms with E-state index in [0.29, 0.717) is 22.8 Å². The molecule has 5 rings (SSSR count). The molecule has 0 spiro atoms. The molecule has 33 heavy (non-hydrogen) atoms. The molecule has 1 aliphatic heterocycles. The number of hydrogen-bond acceptors (Lipinski definition) is 5. The average molecular weight is 465 g/mol. The van der Waals surface area contributed by atoms with Crippen molar-refractivity contribution in [2.45, 2.75) is 62.0 Å². The lowest BCUT2D eigenvalue weighted by Gasteiger charge is -2.44. The first kappa shape index (κ1) is 21.8. The Balaban J connectivity index is 1.57. The summed E-state index contributed by atoms with van der Waals surface area (Å²) in [5, 5.41) is 7.87. The van der Waals surface area contributed by atoms with Crippen molar-refractivity contribution in [2.75, 3.05) is 11.2 Å². The molecular formula is C25H28N4O3S. The lowest BCUT2D eigenvalue weighted by atomic mass is 9.91. The Hall–Kier alpha value is -3.00. The largest absolute Gasteiger partial charge is 0.463 e. The monoisotopic (exact) mass is 464 g/mol. The van der Waals surface area contributed by atoms with Crippen LogP contribution in [0, 0.1) is 0 Å². The van der Waals surface area contributed by atoms with Crippen molar-refractivity contribution in [3.63, 3.8) is 0 Å². The van der Waals surface area contributed by atoms with Crippen LogP contribution in [0.25, 0.3) is 11.5 Å². The normalized spacial score (nSPS) is 21.2. The van der Waals surface area contributed by atoms with Gasteiger partial charge in [-0.05, 0) is 56.4 Å². The number of rotatable bonds is 5. The predicted octanol–water partition coefficient (Wildman–Crippen LogP) is 4.73. The lowest BCUT2D eigenvalue weighted by molar-refractivity contribution is -0.127. The van der Waals surface area contributed by atoms with Crippen LogP contribution in [0.3, 0.4) is 0 Å². The first-order chi connectivity index (χ1) is 16.0. The Morgan fingerprint density at radius 1 is 1.18 bits per heavy atom. The van der Waals surface area contributed by atoms with Crippen molar-refractivity contribution >= 4 is 29.3 Å². The summed E-state index contributed by atoms with van der Waals surface area (Å²) in [6.45, 7) is 2.10. The van der Waals surface area contributed by atoms with Crippen LogP contribution in [0.2, 0.25) is 0 Å². The van der Waals surface area contributed by atoms with Gasteiger partial charge in [0.2, 0.25) is 5.91 Å². The zero-order valence-corrected chi connectivity index (χ0v) is 19.7. The van der Waals surface area contributed by atoms with Gasteiger partial charge in [-0.2, -0.15) is 5.10 Å². The minimum absolute atomic E-state index is 0.141. The smallest absolute Gasteiger partial charge is 0.277 e. The van der Waals surface area contributed by atoms with Crippen LogP contribution in [0.1, 0.15) is 49.5 Å². The van der Waals surface area contributed by atoms with Crippen LogP contribution in [-0.4, -0.2) is 39.4 Å². The molecule has 1 N–H and O–H groups in total. The third kappa shape index (κ3) is 3.97. The molecule has 172 valence electrons. The van der Waals surface area contributed by atoms with Gasteiger partial charge in [0.15, 0.2) is 5.76 Å². The summed E-state index contributed by atoms with van der Waals surface area (Å²) < 4.78 is 7.14. The maximum absolute atomic E-state index is 13.9. The van der Waals surface area contributed by atoms with Gasteiger partial charge in [0, 0.05) is 22.7 Å². The van der Waals surface area contributed by atoms with E-state index in [9.17, 15) is 9.59 Å². The molecule has 8 heteroatoms. The van der Waals surface area contributed by atoms with Gasteiger partial charge < -0.3 is 9.73 Å². The van der Waals surface area contributed by atoms with Crippen molar-refractivity contribution < 1.29 is 14.0 Å². The second-order valence-corrected chi connectivity index (χ2v) is 9.85. The maximum atomic E-state index is 13.9. The van der Waals surface area contributed by atoms with Gasteiger partial charge in [-0.15, -0.1) is 11.8 Å². The first-order valence-corrected chi connectivity index (χ1v) is 12.6. The Labute approximate surface area is 197 Å². The number of fused-ring (bicyclic) bond motifs is 1. The zero-order chi connectivity index (χ0) is 23.0. The summed E-state index contributed by atoms with van der Waals surface area (Å²) in [6, 6.07) is 13.3. The summed E-state index contributed by atoms with van der Waals surface area (Å²) in [5.41, 5.74) is 0.613. The van der Waals surface area contributed by atoms with Crippen LogP contribution in [0.5, 0.6) is 0 Å². The molecule has 0 radical (unpaired) electrons. The second-order valence-electron chi connectivity index (χ2n) is 8.97. The molecule has 3 heterocycles. The first-order valence-electron chi connectivity index (χ1n) is 11.4. The van der Waals surface area contributed by atoms with Gasteiger partial charge in [0.1, 0.15) is 16.9 Å². The van der Waals surface area contributed by atoms with E-state index < -0.39 is 5.54 Å². The minimum atomic E-state index is -1.12. The summed E-state index contributed by atoms with van der Waals surface area (Å²) in [6.07, 6.45) is 8.99. The van der Waals surface area contributed by atoms with Crippen LogP contribution >= 0.6 is 11.8 Å². The number of nitrogens with zero attached hydrogens (tertiary/aromatic N) is 3. The number of carbonyl (C=O) groups excluding carboxylic acids is 2. The van der Waals surface area contributed by atoms with Gasteiger partial charge in [-0.25, -0.2) is 0 Å². The molecule has 0 unspecified atom stereocenters. The molecule has 0 saturated heterocycles. The number of hydrogen-bond donors (Lipinski definition) is 1. The number of nitrogens with one attached hydrogen (secondary N) is 1. The van der Waals surface area contributed by atoms with Gasteiger partial charge >= 0.3 is 0 Å². The Morgan fingerprint density at radius 2 is 2.00 bits per heavy atom. The van der Waals surface area contributed by atoms with Gasteiger partial charge in [-0.3, -0.25) is 19.2 Å². The van der Waals surface area contributed by atoms with E-state index in [4.69, 9.17) is 4.42 Å². The van der Waals surface area contributed by atoms with Crippen LogP contribution in [0.4, 0.5) is 5.69 Å². The zero-order valence-electron chi connectivity index (χ0n) is 18.9. The SMILES string of the molecule is CSc1cccc(N2C(=O)c3cc(-c4ccco4)nn3C[C@@]2(C)C(=O)NC2CCCCC2)c1. The van der Waals surface area contributed by atoms with E-state index in [0.717, 1.165) is 30.6 Å². The topological polar surface area (TPSA) is 80.4 Å². The molecule has 2 amide bonds. The van der Waals surface area contributed by atoms with Crippen LogP contribution < -0.4 is 10.2 Å². The van der Waals surface area contributed by atoms with Gasteiger partial charge in [-0.1, -0.05) is 25.3 Å². The highest BCUT2D eigenvalue weighted by molar-refractivity contribution is 7.98. The van der Waals surface area contributed by atoms with E-state index >= 15 is 0 Å². The molecule has 1 aromatic carbocycles. The van der Waals surface area contributed by atoms with Crippen molar-refractivity contribution in [3.05, 3.63) is 54.4 Å². The van der Waals surface area contributed by atoms with Crippen LogP contribution in [0.15, 0.2) is 58.0 Å². The molecule has 1 saturated carbocycles. The maximum Gasteiger partial charge on any atom is 0.277 e. The highest BCUT2D eigenvalue weighted by atomic mass is 32.2. The summed E-state index contributed by atoms with van der Waals surface area (Å²) >= 11 is 1.60. The molecular weight excluding hydrogens is 436 g/mol. The summed E-state index contributed by atoms with van der Waals surface area (Å²) in [7, 11) is 0. The molecule has 0 bridgehead atoms. The quantitative estimate of drug-likeness (QED) is 0.552. The van der Waals surface area contributed by atoms with E-state index in [1.807, 2.05) is 43.5 Å². The van der Waals surface area contributed by atoms with E-state index in [1.165, 1.54) is 6.42 Å². The molecule has 1 fully saturated rings. The number of thioether (sulfide) groups is 1. The number of anilines is 1. The van der Waals surface area contributed by atoms with Gasteiger partial charge in [0.25, 0.3) is 5.91 Å². The van der Waals surface area contributed by atoms with E-state index in [1.54, 1.807) is 39.7 Å². The van der Waals surface area contributed by atoms with Crippen molar-refractivity contribution in [1.82, 2.24) is 15.1 Å². The fraction of sp³-hybridized carbons (Fsp3) is 0.400. The number of amides is 2. The molecule has 1 aliphatic carbocycles. The fourth-order valence-corrected chi connectivity index (χ4v) is 5.32. The summed E-state index contributed by atoms with van der Waals surface area (Å²) in [5.74, 6) is 0.207. The van der Waals surface area contributed by atoms with E-state index in [-0.39, 0.29) is 24.4 Å². The number of aromatic nitrogens is 2. The van der Waals surface area contributed by atoms with Crippen molar-refractivity contribution in [3.8, 4) is 11.5 Å². The number of carbonyl (C=O) groups is 2. The highest BCUT2D eigenvalue weighted by Crippen LogP contribution is 2.36. The third-order valence-corrected chi connectivity index (χ3v) is 7.39. The molecule has 1 atom stereocenters. The highest BCUT2D eigenvalue weighted by Gasteiger charge is 2.49. The predicted molar refractivity (Wildman–Crippen MR) is 128 cm³/mol. The Morgan fingerprint density at radius 3 is 2.73 bits per heavy atom. The average Bonchev–Trinajstić information content (AvgIpc) is 3.50. The standard InChI is InChI=1S/C25H28N4O3S/c1-25(24(31)26-17-8-4-3-5-9-17)16-28-21(15-20(27-28)22-12-7-13-32-22)23(30)29(25)18-10-6-11-19(14-18)33-2/h6-7,10-15,17H,3-5,8-9,16H2,1-2H3,(H,26,31)/t25-/m0/s1. The molecule has 7 nitrogen and oxygen atoms in total. The summed E-state index contributed by atoms with van der Waals surface area (Å²) in [4.78, 5) is 30.3. The van der Waals surface area contributed by atoms with Gasteiger partial charge in [0.05, 0.1) is 12.8 Å². The number of furan rings is 1. The second kappa shape index (κ2) is 8.74.